The van der Waals surface area contributed by atoms with E-state index in [0.717, 1.165) is 5.56 Å². The lowest BCUT2D eigenvalue weighted by Crippen LogP contribution is -2.37. The molecule has 1 amide bonds. The van der Waals surface area contributed by atoms with E-state index < -0.39 is 10.0 Å². The van der Waals surface area contributed by atoms with Gasteiger partial charge in [-0.25, -0.2) is 8.42 Å². The highest BCUT2D eigenvalue weighted by atomic mass is 32.2. The Morgan fingerprint density at radius 1 is 0.893 bits per heavy atom. The van der Waals surface area contributed by atoms with E-state index in [9.17, 15) is 13.2 Å². The third-order valence-electron chi connectivity index (χ3n) is 4.20. The van der Waals surface area contributed by atoms with Crippen LogP contribution in [0.5, 0.6) is 0 Å². The predicted octanol–water partition coefficient (Wildman–Crippen LogP) is 4.55. The average molecular weight is 403 g/mol. The van der Waals surface area contributed by atoms with E-state index >= 15 is 0 Å². The van der Waals surface area contributed by atoms with E-state index in [2.05, 4.69) is 5.32 Å². The Kier molecular flexibility index (Phi) is 7.38. The molecule has 2 rings (SSSR count). The van der Waals surface area contributed by atoms with Crippen LogP contribution < -0.4 is 5.32 Å². The van der Waals surface area contributed by atoms with Crippen LogP contribution in [0.1, 0.15) is 43.6 Å². The highest BCUT2D eigenvalue weighted by molar-refractivity contribution is 7.89. The molecule has 152 valence electrons. The van der Waals surface area contributed by atoms with Crippen LogP contribution >= 0.6 is 0 Å². The van der Waals surface area contributed by atoms with Gasteiger partial charge in [-0.2, -0.15) is 4.31 Å². The number of carbonyl (C=O) groups is 1. The van der Waals surface area contributed by atoms with Crippen LogP contribution in [0, 0.1) is 18.8 Å². The summed E-state index contributed by atoms with van der Waals surface area (Å²) in [6.45, 7) is 10.9. The summed E-state index contributed by atoms with van der Waals surface area (Å²) in [7, 11) is -3.60. The first-order chi connectivity index (χ1) is 13.1. The molecule has 0 radical (unpaired) electrons. The molecule has 0 aliphatic carbocycles. The standard InChI is InChI=1S/C22H30N2O3S/c1-16(2)14-24(15-17(3)4)28(26,27)21-12-8-19(9-13-21)22(25)23-20-10-6-18(5)7-11-20/h6-13,16-17H,14-15H2,1-5H3,(H,23,25). The molecule has 2 aromatic rings. The summed E-state index contributed by atoms with van der Waals surface area (Å²) in [6, 6.07) is 13.6. The molecule has 0 saturated carbocycles. The zero-order valence-electron chi connectivity index (χ0n) is 17.3. The van der Waals surface area contributed by atoms with Gasteiger partial charge in [-0.05, 0) is 55.2 Å². The molecule has 0 aliphatic heterocycles. The fourth-order valence-electron chi connectivity index (χ4n) is 2.85. The Bertz CT molecular complexity index is 876. The molecule has 2 aromatic carbocycles. The number of carbonyl (C=O) groups excluding carboxylic acids is 1. The lowest BCUT2D eigenvalue weighted by atomic mass is 10.2. The number of nitrogens with one attached hydrogen (secondary N) is 1. The van der Waals surface area contributed by atoms with Gasteiger partial charge in [-0.3, -0.25) is 4.79 Å². The first-order valence-electron chi connectivity index (χ1n) is 9.58. The number of aryl methyl sites for hydroxylation is 1. The second kappa shape index (κ2) is 9.34. The normalized spacial score (nSPS) is 12.0. The topological polar surface area (TPSA) is 66.5 Å². The van der Waals surface area contributed by atoms with E-state index in [-0.39, 0.29) is 22.6 Å². The second-order valence-electron chi connectivity index (χ2n) is 7.95. The molecule has 0 heterocycles. The van der Waals surface area contributed by atoms with E-state index in [4.69, 9.17) is 0 Å². The third kappa shape index (κ3) is 5.91. The van der Waals surface area contributed by atoms with Gasteiger partial charge in [0.2, 0.25) is 10.0 Å². The average Bonchev–Trinajstić information content (AvgIpc) is 2.62. The molecule has 0 aromatic heterocycles. The molecule has 0 aliphatic rings. The smallest absolute Gasteiger partial charge is 0.255 e. The third-order valence-corrected chi connectivity index (χ3v) is 6.05. The lowest BCUT2D eigenvalue weighted by Gasteiger charge is -2.25. The lowest BCUT2D eigenvalue weighted by molar-refractivity contribution is 0.102. The van der Waals surface area contributed by atoms with Crippen LogP contribution in [0.15, 0.2) is 53.4 Å². The van der Waals surface area contributed by atoms with Crippen molar-refractivity contribution in [1.29, 1.82) is 0 Å². The largest absolute Gasteiger partial charge is 0.322 e. The number of rotatable bonds is 8. The number of anilines is 1. The quantitative estimate of drug-likeness (QED) is 0.704. The van der Waals surface area contributed by atoms with Crippen LogP contribution in [0.3, 0.4) is 0 Å². The predicted molar refractivity (Wildman–Crippen MR) is 114 cm³/mol. The van der Waals surface area contributed by atoms with Crippen molar-refractivity contribution in [3.05, 3.63) is 59.7 Å². The minimum atomic E-state index is -3.60. The summed E-state index contributed by atoms with van der Waals surface area (Å²) in [5.74, 6) is 0.190. The molecule has 0 saturated heterocycles. The molecule has 0 unspecified atom stereocenters. The van der Waals surface area contributed by atoms with Crippen molar-refractivity contribution in [2.75, 3.05) is 18.4 Å². The van der Waals surface area contributed by atoms with Gasteiger partial charge in [0.15, 0.2) is 0 Å². The molecule has 1 N–H and O–H groups in total. The zero-order valence-corrected chi connectivity index (χ0v) is 18.1. The first-order valence-corrected chi connectivity index (χ1v) is 11.0. The summed E-state index contributed by atoms with van der Waals surface area (Å²) in [5, 5.41) is 2.82. The second-order valence-corrected chi connectivity index (χ2v) is 9.89. The Labute approximate surface area is 168 Å². The van der Waals surface area contributed by atoms with Gasteiger partial charge in [0, 0.05) is 24.3 Å². The molecule has 0 fully saturated rings. The number of nitrogens with zero attached hydrogens (tertiary/aromatic N) is 1. The number of hydrogen-bond acceptors (Lipinski definition) is 3. The summed E-state index contributed by atoms with van der Waals surface area (Å²) >= 11 is 0. The van der Waals surface area contributed by atoms with Gasteiger partial charge in [0.25, 0.3) is 5.91 Å². The summed E-state index contributed by atoms with van der Waals surface area (Å²) in [5.41, 5.74) is 2.23. The van der Waals surface area contributed by atoms with Gasteiger partial charge < -0.3 is 5.32 Å². The number of benzene rings is 2. The van der Waals surface area contributed by atoms with Crippen LogP contribution in [-0.4, -0.2) is 31.7 Å². The Hall–Kier alpha value is -2.18. The monoisotopic (exact) mass is 402 g/mol. The van der Waals surface area contributed by atoms with Crippen molar-refractivity contribution in [2.45, 2.75) is 39.5 Å². The highest BCUT2D eigenvalue weighted by Crippen LogP contribution is 2.20. The maximum absolute atomic E-state index is 13.0. The van der Waals surface area contributed by atoms with E-state index in [1.54, 1.807) is 12.1 Å². The van der Waals surface area contributed by atoms with Gasteiger partial charge in [0.1, 0.15) is 0 Å². The zero-order chi connectivity index (χ0) is 20.9. The fourth-order valence-corrected chi connectivity index (χ4v) is 4.62. The minimum absolute atomic E-state index is 0.209. The van der Waals surface area contributed by atoms with Crippen molar-refractivity contribution in [3.63, 3.8) is 0 Å². The van der Waals surface area contributed by atoms with E-state index in [0.29, 0.717) is 24.3 Å². The maximum atomic E-state index is 13.0. The first kappa shape index (κ1) is 22.1. The van der Waals surface area contributed by atoms with Crippen molar-refractivity contribution in [2.24, 2.45) is 11.8 Å². The minimum Gasteiger partial charge on any atom is -0.322 e. The molecule has 0 spiro atoms. The van der Waals surface area contributed by atoms with Gasteiger partial charge >= 0.3 is 0 Å². The van der Waals surface area contributed by atoms with Crippen molar-refractivity contribution in [1.82, 2.24) is 4.31 Å². The Balaban J connectivity index is 2.19. The van der Waals surface area contributed by atoms with Crippen molar-refractivity contribution < 1.29 is 13.2 Å². The molecule has 0 bridgehead atoms. The molecule has 28 heavy (non-hydrogen) atoms. The SMILES string of the molecule is Cc1ccc(NC(=O)c2ccc(S(=O)(=O)N(CC(C)C)CC(C)C)cc2)cc1. The fraction of sp³-hybridized carbons (Fsp3) is 0.409. The van der Waals surface area contributed by atoms with Gasteiger partial charge in [-0.1, -0.05) is 45.4 Å². The summed E-state index contributed by atoms with van der Waals surface area (Å²) < 4.78 is 27.6. The van der Waals surface area contributed by atoms with E-state index in [1.807, 2.05) is 58.9 Å². The molecular formula is C22H30N2O3S. The summed E-state index contributed by atoms with van der Waals surface area (Å²) in [4.78, 5) is 12.6. The summed E-state index contributed by atoms with van der Waals surface area (Å²) in [6.07, 6.45) is 0. The number of hydrogen-bond donors (Lipinski definition) is 1. The number of sulfonamides is 1. The maximum Gasteiger partial charge on any atom is 0.255 e. The molecule has 0 atom stereocenters. The van der Waals surface area contributed by atoms with Crippen molar-refractivity contribution in [3.8, 4) is 0 Å². The van der Waals surface area contributed by atoms with Crippen molar-refractivity contribution >= 4 is 21.6 Å². The van der Waals surface area contributed by atoms with Gasteiger partial charge in [0.05, 0.1) is 4.90 Å². The molecule has 5 nitrogen and oxygen atoms in total. The van der Waals surface area contributed by atoms with Crippen LogP contribution in [-0.2, 0) is 10.0 Å². The van der Waals surface area contributed by atoms with Crippen LogP contribution in [0.4, 0.5) is 5.69 Å². The Morgan fingerprint density at radius 2 is 1.39 bits per heavy atom. The van der Waals surface area contributed by atoms with Crippen LogP contribution in [0.2, 0.25) is 0 Å². The molecular weight excluding hydrogens is 372 g/mol. The number of amides is 1. The van der Waals surface area contributed by atoms with Gasteiger partial charge in [-0.15, -0.1) is 0 Å². The Morgan fingerprint density at radius 3 is 1.86 bits per heavy atom. The van der Waals surface area contributed by atoms with E-state index in [1.165, 1.54) is 16.4 Å². The van der Waals surface area contributed by atoms with Crippen LogP contribution in [0.25, 0.3) is 0 Å². The molecule has 6 heteroatoms. The highest BCUT2D eigenvalue weighted by Gasteiger charge is 2.26.